The van der Waals surface area contributed by atoms with E-state index in [4.69, 9.17) is 0 Å². The van der Waals surface area contributed by atoms with E-state index in [9.17, 15) is 18.0 Å². The quantitative estimate of drug-likeness (QED) is 0.628. The van der Waals surface area contributed by atoms with E-state index >= 15 is 0 Å². The van der Waals surface area contributed by atoms with Gasteiger partial charge >= 0.3 is 6.36 Å². The Balaban J connectivity index is 1.64. The molecule has 0 saturated carbocycles. The molecule has 0 aliphatic heterocycles. The number of ether oxygens (including phenoxy) is 1. The van der Waals surface area contributed by atoms with Crippen LogP contribution in [0.25, 0.3) is 11.4 Å². The predicted molar refractivity (Wildman–Crippen MR) is 96.7 cm³/mol. The number of para-hydroxylation sites is 2. The number of hydrogen-bond donors (Lipinski definition) is 1. The number of amides is 1. The maximum atomic E-state index is 12.5. The summed E-state index contributed by atoms with van der Waals surface area (Å²) in [5, 5.41) is 11.0. The predicted octanol–water partition coefficient (Wildman–Crippen LogP) is 3.51. The first-order valence-electron chi connectivity index (χ1n) is 7.91. The highest BCUT2D eigenvalue weighted by Gasteiger charge is 2.32. The van der Waals surface area contributed by atoms with Crippen LogP contribution >= 0.6 is 11.8 Å². The van der Waals surface area contributed by atoms with Crippen molar-refractivity contribution in [2.24, 2.45) is 7.05 Å². The summed E-state index contributed by atoms with van der Waals surface area (Å²) < 4.78 is 43.0. The van der Waals surface area contributed by atoms with Gasteiger partial charge in [-0.3, -0.25) is 9.78 Å². The van der Waals surface area contributed by atoms with Crippen LogP contribution in [0.4, 0.5) is 18.9 Å². The Morgan fingerprint density at radius 3 is 2.71 bits per heavy atom. The van der Waals surface area contributed by atoms with Crippen LogP contribution in [0.3, 0.4) is 0 Å². The minimum atomic E-state index is -4.85. The Hall–Kier alpha value is -3.08. The van der Waals surface area contributed by atoms with Crippen LogP contribution < -0.4 is 10.1 Å². The third-order valence-corrected chi connectivity index (χ3v) is 4.49. The first kappa shape index (κ1) is 19.7. The van der Waals surface area contributed by atoms with Crippen molar-refractivity contribution in [3.63, 3.8) is 0 Å². The van der Waals surface area contributed by atoms with Crippen molar-refractivity contribution in [3.8, 4) is 17.1 Å². The number of thioether (sulfide) groups is 1. The molecule has 0 spiro atoms. The number of benzene rings is 1. The van der Waals surface area contributed by atoms with E-state index < -0.39 is 18.0 Å². The summed E-state index contributed by atoms with van der Waals surface area (Å²) in [4.78, 5) is 16.2. The van der Waals surface area contributed by atoms with Crippen LogP contribution in [-0.2, 0) is 11.8 Å². The van der Waals surface area contributed by atoms with Crippen molar-refractivity contribution in [1.82, 2.24) is 19.7 Å². The van der Waals surface area contributed by atoms with Gasteiger partial charge in [0.1, 0.15) is 0 Å². The van der Waals surface area contributed by atoms with E-state index in [0.29, 0.717) is 11.0 Å². The number of alkyl halides is 3. The molecule has 0 fully saturated rings. The molecular formula is C17H14F3N5O2S. The topological polar surface area (TPSA) is 81.9 Å². The Bertz CT molecular complexity index is 963. The van der Waals surface area contributed by atoms with Crippen LogP contribution in [-0.4, -0.2) is 37.8 Å². The highest BCUT2D eigenvalue weighted by molar-refractivity contribution is 7.99. The number of anilines is 1. The van der Waals surface area contributed by atoms with E-state index in [2.05, 4.69) is 25.2 Å². The monoisotopic (exact) mass is 409 g/mol. The molecule has 146 valence electrons. The fourth-order valence-corrected chi connectivity index (χ4v) is 3.00. The third-order valence-electron chi connectivity index (χ3n) is 3.47. The lowest BCUT2D eigenvalue weighted by Gasteiger charge is -2.13. The molecule has 3 rings (SSSR count). The largest absolute Gasteiger partial charge is 0.573 e. The molecule has 1 aromatic carbocycles. The molecular weight excluding hydrogens is 395 g/mol. The number of carbonyl (C=O) groups is 1. The normalized spacial score (nSPS) is 11.3. The van der Waals surface area contributed by atoms with Gasteiger partial charge in [0.15, 0.2) is 16.7 Å². The molecule has 3 aromatic rings. The molecule has 0 aliphatic rings. The number of carbonyl (C=O) groups excluding carboxylic acids is 1. The average Bonchev–Trinajstić information content (AvgIpc) is 3.02. The van der Waals surface area contributed by atoms with Gasteiger partial charge in [0, 0.05) is 25.0 Å². The SMILES string of the molecule is Cn1c(SCC(=O)Nc2ccccc2OC(F)(F)F)nnc1-c1cccnc1. The van der Waals surface area contributed by atoms with Crippen LogP contribution in [0, 0.1) is 0 Å². The number of nitrogens with zero attached hydrogens (tertiary/aromatic N) is 4. The first-order valence-corrected chi connectivity index (χ1v) is 8.89. The van der Waals surface area contributed by atoms with Gasteiger partial charge in [-0.25, -0.2) is 0 Å². The van der Waals surface area contributed by atoms with Gasteiger partial charge in [0.2, 0.25) is 5.91 Å². The van der Waals surface area contributed by atoms with Gasteiger partial charge in [0.25, 0.3) is 0 Å². The van der Waals surface area contributed by atoms with Crippen molar-refractivity contribution >= 4 is 23.4 Å². The van der Waals surface area contributed by atoms with Crippen LogP contribution in [0.1, 0.15) is 0 Å². The second kappa shape index (κ2) is 8.30. The van der Waals surface area contributed by atoms with E-state index in [1.54, 1.807) is 30.1 Å². The lowest BCUT2D eigenvalue weighted by molar-refractivity contribution is -0.274. The molecule has 0 unspecified atom stereocenters. The molecule has 0 atom stereocenters. The van der Waals surface area contributed by atoms with Crippen molar-refractivity contribution in [3.05, 3.63) is 48.8 Å². The lowest BCUT2D eigenvalue weighted by Crippen LogP contribution is -2.20. The molecule has 0 aliphatic carbocycles. The first-order chi connectivity index (χ1) is 13.3. The maximum absolute atomic E-state index is 12.5. The van der Waals surface area contributed by atoms with E-state index in [0.717, 1.165) is 23.4 Å². The van der Waals surface area contributed by atoms with Crippen molar-refractivity contribution < 1.29 is 22.7 Å². The second-order valence-corrected chi connectivity index (χ2v) is 6.43. The Labute approximate surface area is 161 Å². The summed E-state index contributed by atoms with van der Waals surface area (Å²) in [6.45, 7) is 0. The average molecular weight is 409 g/mol. The summed E-state index contributed by atoms with van der Waals surface area (Å²) in [6, 6.07) is 8.92. The summed E-state index contributed by atoms with van der Waals surface area (Å²) >= 11 is 1.10. The molecule has 2 aromatic heterocycles. The van der Waals surface area contributed by atoms with Gasteiger partial charge in [-0.05, 0) is 24.3 Å². The van der Waals surface area contributed by atoms with Gasteiger partial charge in [0.05, 0.1) is 11.4 Å². The van der Waals surface area contributed by atoms with E-state index in [1.165, 1.54) is 18.2 Å². The minimum Gasteiger partial charge on any atom is -0.404 e. The Morgan fingerprint density at radius 1 is 1.21 bits per heavy atom. The number of aromatic nitrogens is 4. The summed E-state index contributed by atoms with van der Waals surface area (Å²) in [6.07, 6.45) is -1.57. The molecule has 0 saturated heterocycles. The number of rotatable bonds is 6. The van der Waals surface area contributed by atoms with Crippen LogP contribution in [0.5, 0.6) is 5.75 Å². The zero-order chi connectivity index (χ0) is 20.1. The fraction of sp³-hybridized carbons (Fsp3) is 0.176. The standard InChI is InChI=1S/C17H14F3N5O2S/c1-25-15(11-5-4-8-21-9-11)23-24-16(25)28-10-14(26)22-12-6-2-3-7-13(12)27-17(18,19)20/h2-9H,10H2,1H3,(H,22,26). The van der Waals surface area contributed by atoms with E-state index in [1.807, 2.05) is 6.07 Å². The molecule has 28 heavy (non-hydrogen) atoms. The maximum Gasteiger partial charge on any atom is 0.573 e. The molecule has 0 radical (unpaired) electrons. The zero-order valence-corrected chi connectivity index (χ0v) is 15.3. The molecule has 0 bridgehead atoms. The molecule has 11 heteroatoms. The Kier molecular flexibility index (Phi) is 5.83. The fourth-order valence-electron chi connectivity index (χ4n) is 2.29. The number of halogens is 3. The summed E-state index contributed by atoms with van der Waals surface area (Å²) in [7, 11) is 1.75. The zero-order valence-electron chi connectivity index (χ0n) is 14.5. The van der Waals surface area contributed by atoms with Crippen LogP contribution in [0.15, 0.2) is 53.9 Å². The molecule has 2 heterocycles. The molecule has 1 N–H and O–H groups in total. The van der Waals surface area contributed by atoms with Gasteiger partial charge in [-0.1, -0.05) is 23.9 Å². The number of nitrogens with one attached hydrogen (secondary N) is 1. The third kappa shape index (κ3) is 5.00. The molecule has 7 nitrogen and oxygen atoms in total. The summed E-state index contributed by atoms with van der Waals surface area (Å²) in [5.74, 6) is -0.473. The number of pyridine rings is 1. The Morgan fingerprint density at radius 2 is 2.00 bits per heavy atom. The van der Waals surface area contributed by atoms with Gasteiger partial charge in [-0.15, -0.1) is 23.4 Å². The number of hydrogen-bond acceptors (Lipinski definition) is 6. The van der Waals surface area contributed by atoms with Crippen molar-refractivity contribution in [2.75, 3.05) is 11.1 Å². The van der Waals surface area contributed by atoms with Gasteiger partial charge < -0.3 is 14.6 Å². The highest BCUT2D eigenvalue weighted by Crippen LogP contribution is 2.30. The smallest absolute Gasteiger partial charge is 0.404 e. The van der Waals surface area contributed by atoms with Gasteiger partial charge in [-0.2, -0.15) is 0 Å². The van der Waals surface area contributed by atoms with Crippen molar-refractivity contribution in [2.45, 2.75) is 11.5 Å². The second-order valence-electron chi connectivity index (χ2n) is 5.49. The van der Waals surface area contributed by atoms with Crippen molar-refractivity contribution in [1.29, 1.82) is 0 Å². The minimum absolute atomic E-state index is 0.0700. The molecule has 1 amide bonds. The highest BCUT2D eigenvalue weighted by atomic mass is 32.2. The lowest BCUT2D eigenvalue weighted by atomic mass is 10.3. The van der Waals surface area contributed by atoms with Crippen LogP contribution in [0.2, 0.25) is 0 Å². The summed E-state index contributed by atoms with van der Waals surface area (Å²) in [5.41, 5.74) is 0.700. The van der Waals surface area contributed by atoms with E-state index in [-0.39, 0.29) is 11.4 Å².